The van der Waals surface area contributed by atoms with Gasteiger partial charge in [0.25, 0.3) is 0 Å². The molecular weight excluding hydrogens is 357 g/mol. The lowest BCUT2D eigenvalue weighted by atomic mass is 10.2. The van der Waals surface area contributed by atoms with E-state index in [-0.39, 0.29) is 5.75 Å². The van der Waals surface area contributed by atoms with Crippen LogP contribution in [0.5, 0.6) is 5.75 Å². The van der Waals surface area contributed by atoms with E-state index < -0.39 is 12.8 Å². The Hall–Kier alpha value is -2.77. The highest BCUT2D eigenvalue weighted by Gasteiger charge is 2.28. The zero-order valence-corrected chi connectivity index (χ0v) is 15.1. The molecule has 0 saturated carbocycles. The standard InChI is InChI=1S/C19H23F3N4O/c1-2-23-18(25-12-10-16-5-3-4-11-24-16)26-13-15-6-8-17(9-7-15)27-14-19(20,21)22/h3-9,11H,2,10,12-14H2,1H3,(H2,23,25,26). The van der Waals surface area contributed by atoms with E-state index in [1.165, 1.54) is 12.1 Å². The molecule has 0 bridgehead atoms. The maximum Gasteiger partial charge on any atom is 0.422 e. The molecule has 0 aliphatic heterocycles. The lowest BCUT2D eigenvalue weighted by Gasteiger charge is -2.11. The van der Waals surface area contributed by atoms with Gasteiger partial charge in [0.15, 0.2) is 12.6 Å². The number of nitrogens with one attached hydrogen (secondary N) is 2. The molecule has 0 spiro atoms. The molecule has 2 aromatic rings. The summed E-state index contributed by atoms with van der Waals surface area (Å²) in [5, 5.41) is 6.39. The normalized spacial score (nSPS) is 11.9. The zero-order valence-electron chi connectivity index (χ0n) is 15.1. The molecule has 27 heavy (non-hydrogen) atoms. The minimum atomic E-state index is -4.34. The summed E-state index contributed by atoms with van der Waals surface area (Å²) in [6.45, 7) is 2.49. The van der Waals surface area contributed by atoms with Crippen LogP contribution in [0.4, 0.5) is 13.2 Å². The third-order valence-electron chi connectivity index (χ3n) is 3.49. The Labute approximate surface area is 156 Å². The van der Waals surface area contributed by atoms with Crippen LogP contribution in [0.25, 0.3) is 0 Å². The third-order valence-corrected chi connectivity index (χ3v) is 3.49. The summed E-state index contributed by atoms with van der Waals surface area (Å²) < 4.78 is 41.2. The van der Waals surface area contributed by atoms with Crippen LogP contribution in [0.2, 0.25) is 0 Å². The van der Waals surface area contributed by atoms with Gasteiger partial charge < -0.3 is 15.4 Å². The SMILES string of the molecule is CCNC(=NCc1ccc(OCC(F)(F)F)cc1)NCCc1ccccn1. The lowest BCUT2D eigenvalue weighted by Crippen LogP contribution is -2.38. The Kier molecular flexibility index (Phi) is 7.91. The number of hydrogen-bond acceptors (Lipinski definition) is 3. The number of hydrogen-bond donors (Lipinski definition) is 2. The number of benzene rings is 1. The van der Waals surface area contributed by atoms with Crippen molar-refractivity contribution in [3.63, 3.8) is 0 Å². The minimum absolute atomic E-state index is 0.181. The molecule has 0 amide bonds. The van der Waals surface area contributed by atoms with Crippen LogP contribution in [0.1, 0.15) is 18.2 Å². The first-order valence-corrected chi connectivity index (χ1v) is 8.67. The Morgan fingerprint density at radius 3 is 2.52 bits per heavy atom. The number of aliphatic imine (C=N–C) groups is 1. The van der Waals surface area contributed by atoms with E-state index in [2.05, 4.69) is 20.6 Å². The number of rotatable bonds is 8. The van der Waals surface area contributed by atoms with E-state index in [0.29, 0.717) is 19.0 Å². The van der Waals surface area contributed by atoms with Crippen LogP contribution in [-0.2, 0) is 13.0 Å². The molecule has 0 saturated heterocycles. The first-order chi connectivity index (χ1) is 13.0. The van der Waals surface area contributed by atoms with E-state index in [1.807, 2.05) is 25.1 Å². The van der Waals surface area contributed by atoms with E-state index >= 15 is 0 Å². The van der Waals surface area contributed by atoms with Crippen molar-refractivity contribution in [3.8, 4) is 5.75 Å². The predicted molar refractivity (Wildman–Crippen MR) is 98.8 cm³/mol. The van der Waals surface area contributed by atoms with Gasteiger partial charge >= 0.3 is 6.18 Å². The molecule has 0 aliphatic carbocycles. The van der Waals surface area contributed by atoms with Crippen molar-refractivity contribution in [2.45, 2.75) is 26.1 Å². The van der Waals surface area contributed by atoms with Crippen molar-refractivity contribution < 1.29 is 17.9 Å². The molecule has 1 aromatic heterocycles. The number of aromatic nitrogens is 1. The van der Waals surface area contributed by atoms with Crippen LogP contribution in [0.15, 0.2) is 53.7 Å². The number of halogens is 3. The fourth-order valence-electron chi connectivity index (χ4n) is 2.22. The van der Waals surface area contributed by atoms with E-state index in [1.54, 1.807) is 18.3 Å². The molecular formula is C19H23F3N4O. The van der Waals surface area contributed by atoms with Crippen LogP contribution < -0.4 is 15.4 Å². The van der Waals surface area contributed by atoms with Crippen LogP contribution >= 0.6 is 0 Å². The number of nitrogens with zero attached hydrogens (tertiary/aromatic N) is 2. The van der Waals surface area contributed by atoms with Crippen molar-refractivity contribution in [1.29, 1.82) is 0 Å². The van der Waals surface area contributed by atoms with Crippen molar-refractivity contribution in [2.75, 3.05) is 19.7 Å². The fourth-order valence-corrected chi connectivity index (χ4v) is 2.22. The fraction of sp³-hybridized carbons (Fsp3) is 0.368. The smallest absolute Gasteiger partial charge is 0.422 e. The highest BCUT2D eigenvalue weighted by Crippen LogP contribution is 2.19. The number of ether oxygens (including phenoxy) is 1. The van der Waals surface area contributed by atoms with Gasteiger partial charge in [0.2, 0.25) is 0 Å². The first-order valence-electron chi connectivity index (χ1n) is 8.67. The molecule has 0 radical (unpaired) electrons. The van der Waals surface area contributed by atoms with Gasteiger partial charge in [-0.25, -0.2) is 4.99 Å². The molecule has 1 heterocycles. The van der Waals surface area contributed by atoms with Crippen LogP contribution in [0, 0.1) is 0 Å². The third kappa shape index (κ3) is 8.44. The van der Waals surface area contributed by atoms with Crippen molar-refractivity contribution in [1.82, 2.24) is 15.6 Å². The van der Waals surface area contributed by atoms with Crippen LogP contribution in [0.3, 0.4) is 0 Å². The summed E-state index contributed by atoms with van der Waals surface area (Å²) >= 11 is 0. The van der Waals surface area contributed by atoms with Crippen LogP contribution in [-0.4, -0.2) is 36.8 Å². The molecule has 8 heteroatoms. The summed E-state index contributed by atoms with van der Waals surface area (Å²) in [4.78, 5) is 8.75. The first kappa shape index (κ1) is 20.5. The van der Waals surface area contributed by atoms with Gasteiger partial charge in [-0.3, -0.25) is 4.98 Å². The molecule has 0 unspecified atom stereocenters. The predicted octanol–water partition coefficient (Wildman–Crippen LogP) is 3.32. The van der Waals surface area contributed by atoms with Gasteiger partial charge in [0.1, 0.15) is 5.75 Å². The Morgan fingerprint density at radius 2 is 1.89 bits per heavy atom. The van der Waals surface area contributed by atoms with E-state index in [0.717, 1.165) is 24.2 Å². The van der Waals surface area contributed by atoms with Gasteiger partial charge in [-0.15, -0.1) is 0 Å². The zero-order chi connectivity index (χ0) is 19.5. The Balaban J connectivity index is 1.84. The molecule has 1 aromatic carbocycles. The van der Waals surface area contributed by atoms with Crippen molar-refractivity contribution in [2.24, 2.45) is 4.99 Å². The minimum Gasteiger partial charge on any atom is -0.484 e. The average molecular weight is 380 g/mol. The summed E-state index contributed by atoms with van der Waals surface area (Å²) in [6, 6.07) is 12.2. The highest BCUT2D eigenvalue weighted by molar-refractivity contribution is 5.79. The van der Waals surface area contributed by atoms with Gasteiger partial charge in [0, 0.05) is 31.4 Å². The maximum absolute atomic E-state index is 12.2. The Bertz CT molecular complexity index is 703. The summed E-state index contributed by atoms with van der Waals surface area (Å²) in [5.41, 5.74) is 1.87. The summed E-state index contributed by atoms with van der Waals surface area (Å²) in [7, 11) is 0. The number of pyridine rings is 1. The molecule has 5 nitrogen and oxygen atoms in total. The van der Waals surface area contributed by atoms with Crippen molar-refractivity contribution >= 4 is 5.96 Å². The van der Waals surface area contributed by atoms with Gasteiger partial charge in [0.05, 0.1) is 6.54 Å². The van der Waals surface area contributed by atoms with Crippen molar-refractivity contribution in [3.05, 3.63) is 59.9 Å². The quantitative estimate of drug-likeness (QED) is 0.545. The van der Waals surface area contributed by atoms with Gasteiger partial charge in [-0.1, -0.05) is 18.2 Å². The molecule has 2 rings (SSSR count). The lowest BCUT2D eigenvalue weighted by molar-refractivity contribution is -0.153. The molecule has 0 aliphatic rings. The maximum atomic E-state index is 12.2. The highest BCUT2D eigenvalue weighted by atomic mass is 19.4. The van der Waals surface area contributed by atoms with E-state index in [9.17, 15) is 13.2 Å². The number of alkyl halides is 3. The second-order valence-corrected chi connectivity index (χ2v) is 5.74. The van der Waals surface area contributed by atoms with Gasteiger partial charge in [-0.05, 0) is 36.8 Å². The molecule has 0 atom stereocenters. The monoisotopic (exact) mass is 380 g/mol. The largest absolute Gasteiger partial charge is 0.484 e. The molecule has 0 fully saturated rings. The average Bonchev–Trinajstić information content (AvgIpc) is 2.65. The molecule has 146 valence electrons. The second-order valence-electron chi connectivity index (χ2n) is 5.74. The second kappa shape index (κ2) is 10.4. The van der Waals surface area contributed by atoms with Gasteiger partial charge in [-0.2, -0.15) is 13.2 Å². The summed E-state index contributed by atoms with van der Waals surface area (Å²) in [5.74, 6) is 0.853. The number of guanidine groups is 1. The topological polar surface area (TPSA) is 58.5 Å². The Morgan fingerprint density at radius 1 is 1.11 bits per heavy atom. The van der Waals surface area contributed by atoms with E-state index in [4.69, 9.17) is 4.74 Å². The summed E-state index contributed by atoms with van der Waals surface area (Å²) in [6.07, 6.45) is -1.81. The molecule has 2 N–H and O–H groups in total.